The number of Topliss-reactive ketones (excluding diaryl/α,β-unsaturated/α-hetero) is 2. The lowest BCUT2D eigenvalue weighted by Crippen LogP contribution is -2.69. The number of hydrogen-bond donors (Lipinski definition) is 0. The number of nitriles is 1. The first kappa shape index (κ1) is 26.9. The van der Waals surface area contributed by atoms with Crippen molar-refractivity contribution in [1.29, 1.82) is 5.26 Å². The molecule has 6 rings (SSSR count). The van der Waals surface area contributed by atoms with E-state index in [9.17, 15) is 14.9 Å². The van der Waals surface area contributed by atoms with E-state index in [-0.39, 0.29) is 62.1 Å². The Morgan fingerprint density at radius 3 is 2.26 bits per heavy atom. The Kier molecular flexibility index (Phi) is 5.46. The van der Waals surface area contributed by atoms with E-state index < -0.39 is 5.41 Å². The van der Waals surface area contributed by atoms with Gasteiger partial charge in [0.15, 0.2) is 5.78 Å². The van der Waals surface area contributed by atoms with Gasteiger partial charge in [0.05, 0.1) is 11.0 Å². The van der Waals surface area contributed by atoms with Crippen LogP contribution in [0.1, 0.15) is 112 Å². The molecule has 4 saturated carbocycles. The van der Waals surface area contributed by atoms with Gasteiger partial charge in [-0.05, 0) is 84.4 Å². The van der Waals surface area contributed by atoms with Gasteiger partial charge < -0.3 is 4.42 Å². The zero-order chi connectivity index (χ0) is 28.4. The summed E-state index contributed by atoms with van der Waals surface area (Å²) in [4.78, 5) is 27.9. The molecule has 5 aliphatic carbocycles. The highest BCUT2D eigenvalue weighted by molar-refractivity contribution is 6.04. The van der Waals surface area contributed by atoms with Crippen molar-refractivity contribution >= 4 is 11.6 Å². The van der Waals surface area contributed by atoms with E-state index in [2.05, 4.69) is 50.9 Å². The van der Waals surface area contributed by atoms with Gasteiger partial charge in [0.25, 0.3) is 0 Å². The van der Waals surface area contributed by atoms with Crippen LogP contribution in [0.4, 0.5) is 0 Å². The normalized spacial score (nSPS) is 46.2. The molecule has 0 aliphatic heterocycles. The number of allylic oxidation sites excluding steroid dienone is 2. The van der Waals surface area contributed by atoms with Crippen LogP contribution >= 0.6 is 0 Å². The third-order valence-electron chi connectivity index (χ3n) is 13.4. The first-order valence-corrected chi connectivity index (χ1v) is 15.1. The SMILES string of the molecule is Cc1nnc([C@]23CCC(C)(C)CC2C2C(=O)CC4[C@@]5(C)C=C(C#N)C(=O)C(C)(C)C5CC[C@@]4(C)[C@]2(C)CC3)o1. The van der Waals surface area contributed by atoms with Gasteiger partial charge in [0.2, 0.25) is 11.8 Å². The van der Waals surface area contributed by atoms with Crippen LogP contribution in [0.5, 0.6) is 0 Å². The van der Waals surface area contributed by atoms with E-state index in [1.165, 1.54) is 0 Å². The molecule has 0 bridgehead atoms. The Balaban J connectivity index is 1.49. The van der Waals surface area contributed by atoms with Crippen molar-refractivity contribution < 1.29 is 14.0 Å². The third kappa shape index (κ3) is 3.25. The minimum atomic E-state index is -0.610. The number of nitrogens with zero attached hydrogens (tertiary/aromatic N) is 3. The van der Waals surface area contributed by atoms with Crippen LogP contribution in [0.3, 0.4) is 0 Å². The van der Waals surface area contributed by atoms with Gasteiger partial charge in [-0.15, -0.1) is 10.2 Å². The molecule has 1 aromatic rings. The van der Waals surface area contributed by atoms with Crippen molar-refractivity contribution in [3.63, 3.8) is 0 Å². The molecule has 5 aliphatic rings. The molecule has 1 heterocycles. The Bertz CT molecular complexity index is 1330. The molecule has 1 aromatic heterocycles. The van der Waals surface area contributed by atoms with Crippen molar-refractivity contribution in [2.24, 2.45) is 50.7 Å². The van der Waals surface area contributed by atoms with Crippen LogP contribution in [0.15, 0.2) is 16.1 Å². The number of carbonyl (C=O) groups is 2. The predicted octanol–water partition coefficient (Wildman–Crippen LogP) is 6.93. The van der Waals surface area contributed by atoms with Crippen molar-refractivity contribution in [1.82, 2.24) is 10.2 Å². The van der Waals surface area contributed by atoms with Gasteiger partial charge in [0, 0.05) is 24.7 Å². The Morgan fingerprint density at radius 1 is 0.923 bits per heavy atom. The van der Waals surface area contributed by atoms with Gasteiger partial charge in [-0.1, -0.05) is 54.5 Å². The van der Waals surface area contributed by atoms with E-state index in [1.54, 1.807) is 0 Å². The molecular formula is C33H45N3O3. The van der Waals surface area contributed by atoms with Gasteiger partial charge in [0.1, 0.15) is 11.9 Å². The molecule has 6 heteroatoms. The molecule has 0 aromatic carbocycles. The molecule has 4 fully saturated rings. The fourth-order valence-corrected chi connectivity index (χ4v) is 11.2. The zero-order valence-electron chi connectivity index (χ0n) is 25.1. The van der Waals surface area contributed by atoms with E-state index in [1.807, 2.05) is 26.8 Å². The number of hydrogen-bond acceptors (Lipinski definition) is 6. The fraction of sp³-hybridized carbons (Fsp3) is 0.788. The molecule has 8 atom stereocenters. The van der Waals surface area contributed by atoms with E-state index in [0.717, 1.165) is 50.8 Å². The minimum absolute atomic E-state index is 0.0379. The number of aromatic nitrogens is 2. The van der Waals surface area contributed by atoms with Gasteiger partial charge in [-0.25, -0.2) is 0 Å². The van der Waals surface area contributed by atoms with Crippen LogP contribution in [0.2, 0.25) is 0 Å². The molecule has 6 nitrogen and oxygen atoms in total. The smallest absolute Gasteiger partial charge is 0.222 e. The van der Waals surface area contributed by atoms with Gasteiger partial charge >= 0.3 is 0 Å². The molecule has 0 amide bonds. The average Bonchev–Trinajstić information content (AvgIpc) is 3.29. The number of ketones is 2. The third-order valence-corrected chi connectivity index (χ3v) is 13.4. The Morgan fingerprint density at radius 2 is 1.62 bits per heavy atom. The summed E-state index contributed by atoms with van der Waals surface area (Å²) in [7, 11) is 0. The average molecular weight is 532 g/mol. The standard InChI is InChI=1S/C33H45N3O3/c1-19-35-36-27(39-19)33-13-11-28(2,3)17-21(33)25-22(37)15-24-30(6)16-20(18-34)26(38)29(4,5)23(30)9-10-31(24,7)32(25,8)12-14-33/h16,21,23-25H,9-15,17H2,1-8H3/t21?,23?,24?,25?,30-,31+,32+,33-/m0/s1. The summed E-state index contributed by atoms with van der Waals surface area (Å²) in [6.07, 6.45) is 9.42. The lowest BCUT2D eigenvalue weighted by molar-refractivity contribution is -0.215. The number of rotatable bonds is 1. The maximum Gasteiger partial charge on any atom is 0.222 e. The lowest BCUT2D eigenvalue weighted by Gasteiger charge is -2.71. The topological polar surface area (TPSA) is 96.9 Å². The quantitative estimate of drug-likeness (QED) is 0.390. The molecule has 39 heavy (non-hydrogen) atoms. The highest BCUT2D eigenvalue weighted by Crippen LogP contribution is 2.75. The second-order valence-corrected chi connectivity index (χ2v) is 16.0. The molecule has 4 unspecified atom stereocenters. The van der Waals surface area contributed by atoms with Crippen molar-refractivity contribution in [3.05, 3.63) is 23.4 Å². The first-order chi connectivity index (χ1) is 18.1. The van der Waals surface area contributed by atoms with Crippen LogP contribution in [-0.2, 0) is 15.0 Å². The van der Waals surface area contributed by atoms with Crippen LogP contribution in [-0.4, -0.2) is 21.8 Å². The van der Waals surface area contributed by atoms with E-state index >= 15 is 0 Å². The maximum absolute atomic E-state index is 14.6. The molecule has 210 valence electrons. The van der Waals surface area contributed by atoms with Crippen LogP contribution in [0.25, 0.3) is 0 Å². The predicted molar refractivity (Wildman–Crippen MR) is 147 cm³/mol. The minimum Gasteiger partial charge on any atom is -0.425 e. The summed E-state index contributed by atoms with van der Waals surface area (Å²) in [5, 5.41) is 18.8. The monoisotopic (exact) mass is 531 g/mol. The fourth-order valence-electron chi connectivity index (χ4n) is 11.2. The highest BCUT2D eigenvalue weighted by Gasteiger charge is 2.72. The maximum atomic E-state index is 14.6. The van der Waals surface area contributed by atoms with Gasteiger partial charge in [-0.2, -0.15) is 5.26 Å². The summed E-state index contributed by atoms with van der Waals surface area (Å²) in [6.45, 7) is 17.7. The van der Waals surface area contributed by atoms with E-state index in [4.69, 9.17) is 4.42 Å². The summed E-state index contributed by atoms with van der Waals surface area (Å²) in [5.74, 6) is 2.01. The molecule has 0 N–H and O–H groups in total. The summed E-state index contributed by atoms with van der Waals surface area (Å²) < 4.78 is 6.17. The second-order valence-electron chi connectivity index (χ2n) is 16.0. The number of fused-ring (bicyclic) bond motifs is 7. The van der Waals surface area contributed by atoms with Crippen molar-refractivity contribution in [2.75, 3.05) is 0 Å². The second kappa shape index (κ2) is 7.92. The summed E-state index contributed by atoms with van der Waals surface area (Å²) >= 11 is 0. The number of carbonyl (C=O) groups excluding carboxylic acids is 2. The zero-order valence-corrected chi connectivity index (χ0v) is 25.1. The largest absolute Gasteiger partial charge is 0.425 e. The Labute approximate surface area is 233 Å². The molecule has 0 radical (unpaired) electrons. The molecule has 0 saturated heterocycles. The molecule has 0 spiro atoms. The summed E-state index contributed by atoms with van der Waals surface area (Å²) in [5.41, 5.74) is -1.04. The lowest BCUT2D eigenvalue weighted by atomic mass is 9.31. The van der Waals surface area contributed by atoms with Crippen LogP contribution in [0, 0.1) is 69.0 Å². The van der Waals surface area contributed by atoms with Gasteiger partial charge in [-0.3, -0.25) is 9.59 Å². The van der Waals surface area contributed by atoms with Crippen LogP contribution < -0.4 is 0 Å². The van der Waals surface area contributed by atoms with Crippen molar-refractivity contribution in [2.45, 2.75) is 112 Å². The summed E-state index contributed by atoms with van der Waals surface area (Å²) in [6, 6.07) is 2.23. The van der Waals surface area contributed by atoms with Crippen molar-refractivity contribution in [3.8, 4) is 6.07 Å². The van der Waals surface area contributed by atoms with E-state index in [0.29, 0.717) is 18.1 Å². The number of aryl methyl sites for hydroxylation is 1. The molecular weight excluding hydrogens is 486 g/mol. The Hall–Kier alpha value is -2.29. The highest BCUT2D eigenvalue weighted by atomic mass is 16.4. The first-order valence-electron chi connectivity index (χ1n) is 15.1.